The van der Waals surface area contributed by atoms with Gasteiger partial charge in [0.05, 0.1) is 24.4 Å². The zero-order chi connectivity index (χ0) is 8.43. The second kappa shape index (κ2) is 2.65. The maximum absolute atomic E-state index is 9.11. The minimum Gasteiger partial charge on any atom is -0.493 e. The van der Waals surface area contributed by atoms with Crippen molar-refractivity contribution in [1.82, 2.24) is 4.73 Å². The van der Waals surface area contributed by atoms with E-state index in [2.05, 4.69) is 0 Å². The highest BCUT2D eigenvalue weighted by atomic mass is 16.5. The number of aromatic nitrogens is 1. The maximum Gasteiger partial charge on any atom is 0.163 e. The monoisotopic (exact) mass is 154 g/mol. The Balaban J connectivity index is 3.32. The molecule has 0 unspecified atom stereocenters. The van der Waals surface area contributed by atoms with Crippen LogP contribution in [0.25, 0.3) is 0 Å². The van der Waals surface area contributed by atoms with Crippen LogP contribution in [0.4, 0.5) is 0 Å². The van der Waals surface area contributed by atoms with Crippen molar-refractivity contribution in [3.8, 4) is 5.75 Å². The molecule has 4 nitrogen and oxygen atoms in total. The van der Waals surface area contributed by atoms with Crippen molar-refractivity contribution in [3.05, 3.63) is 23.3 Å². The summed E-state index contributed by atoms with van der Waals surface area (Å²) in [6.07, 6.45) is 1.36. The summed E-state index contributed by atoms with van der Waals surface area (Å²) in [4.78, 5) is 0. The number of hydrogen-bond donors (Lipinski definition) is 2. The normalized spacial score (nSPS) is 9.64. The molecule has 4 heteroatoms. The van der Waals surface area contributed by atoms with E-state index in [0.717, 1.165) is 4.73 Å². The summed E-state index contributed by atoms with van der Waals surface area (Å²) in [7, 11) is 1.46. The van der Waals surface area contributed by atoms with Crippen LogP contribution in [0.15, 0.2) is 12.3 Å². The van der Waals surface area contributed by atoms with Crippen LogP contribution in [-0.2, 0) is 0 Å². The number of nitrogens with zero attached hydrogens (tertiary/aromatic N) is 1. The average Bonchev–Trinajstić information content (AvgIpc) is 1.97. The third-order valence-electron chi connectivity index (χ3n) is 1.44. The van der Waals surface area contributed by atoms with Crippen LogP contribution in [0.1, 0.15) is 5.69 Å². The molecule has 0 aliphatic carbocycles. The van der Waals surface area contributed by atoms with Gasteiger partial charge in [0, 0.05) is 0 Å². The van der Waals surface area contributed by atoms with Gasteiger partial charge in [-0.2, -0.15) is 4.73 Å². The summed E-state index contributed by atoms with van der Waals surface area (Å²) < 4.78 is 5.74. The van der Waals surface area contributed by atoms with Gasteiger partial charge in [-0.25, -0.2) is 0 Å². The van der Waals surface area contributed by atoms with Crippen molar-refractivity contribution in [2.75, 3.05) is 7.11 Å². The molecule has 0 aliphatic rings. The molecule has 2 N–H and O–H groups in total. The van der Waals surface area contributed by atoms with Crippen molar-refractivity contribution in [3.63, 3.8) is 0 Å². The van der Waals surface area contributed by atoms with Gasteiger partial charge in [-0.1, -0.05) is 0 Å². The van der Waals surface area contributed by atoms with Gasteiger partial charge in [0.2, 0.25) is 0 Å². The fourth-order valence-corrected chi connectivity index (χ4v) is 0.791. The predicted molar refractivity (Wildman–Crippen MR) is 38.8 cm³/mol. The largest absolute Gasteiger partial charge is 0.493 e. The first-order valence-electron chi connectivity index (χ1n) is 3.16. The van der Waals surface area contributed by atoms with E-state index >= 15 is 0 Å². The summed E-state index contributed by atoms with van der Waals surface area (Å²) in [6, 6.07) is 1.53. The fourth-order valence-electron chi connectivity index (χ4n) is 0.791. The average molecular weight is 154 g/mol. The van der Waals surface area contributed by atoms with Crippen molar-refractivity contribution in [2.45, 2.75) is 6.92 Å². The van der Waals surface area contributed by atoms with E-state index in [1.165, 1.54) is 19.4 Å². The number of nitrogens with one attached hydrogen (secondary N) is 1. The van der Waals surface area contributed by atoms with Gasteiger partial charge in [0.25, 0.3) is 0 Å². The van der Waals surface area contributed by atoms with Crippen molar-refractivity contribution in [1.29, 1.82) is 5.41 Å². The lowest BCUT2D eigenvalue weighted by molar-refractivity contribution is 0.173. The zero-order valence-electron chi connectivity index (χ0n) is 6.46. The van der Waals surface area contributed by atoms with Crippen LogP contribution in [-0.4, -0.2) is 17.0 Å². The van der Waals surface area contributed by atoms with Crippen molar-refractivity contribution < 1.29 is 9.94 Å². The Bertz CT molecular complexity index is 317. The molecular formula is C7H10N2O2. The van der Waals surface area contributed by atoms with Gasteiger partial charge in [-0.15, -0.1) is 0 Å². The SMILES string of the molecule is COc1cn(O)c(C)cc1=N. The van der Waals surface area contributed by atoms with Crippen molar-refractivity contribution >= 4 is 0 Å². The third kappa shape index (κ3) is 1.34. The molecule has 1 rings (SSSR count). The van der Waals surface area contributed by atoms with E-state index < -0.39 is 0 Å². The van der Waals surface area contributed by atoms with Crippen LogP contribution < -0.4 is 10.1 Å². The molecular weight excluding hydrogens is 144 g/mol. The van der Waals surface area contributed by atoms with E-state index in [9.17, 15) is 0 Å². The minimum absolute atomic E-state index is 0.273. The smallest absolute Gasteiger partial charge is 0.163 e. The lowest BCUT2D eigenvalue weighted by Crippen LogP contribution is -2.10. The molecule has 1 aromatic heterocycles. The van der Waals surface area contributed by atoms with E-state index in [1.54, 1.807) is 6.92 Å². The third-order valence-corrected chi connectivity index (χ3v) is 1.44. The highest BCUT2D eigenvalue weighted by molar-refractivity contribution is 5.18. The quantitative estimate of drug-likeness (QED) is 0.579. The molecule has 0 saturated heterocycles. The summed E-state index contributed by atoms with van der Waals surface area (Å²) >= 11 is 0. The molecule has 1 aromatic rings. The van der Waals surface area contributed by atoms with Crippen LogP contribution in [0.3, 0.4) is 0 Å². The Morgan fingerprint density at radius 2 is 2.27 bits per heavy atom. The Morgan fingerprint density at radius 3 is 2.82 bits per heavy atom. The first-order chi connectivity index (χ1) is 5.15. The van der Waals surface area contributed by atoms with Crippen LogP contribution >= 0.6 is 0 Å². The highest BCUT2D eigenvalue weighted by Gasteiger charge is 1.98. The lowest BCUT2D eigenvalue weighted by atomic mass is 10.3. The molecule has 0 spiro atoms. The van der Waals surface area contributed by atoms with Crippen LogP contribution in [0.5, 0.6) is 5.75 Å². The summed E-state index contributed by atoms with van der Waals surface area (Å²) in [5.74, 6) is 0.359. The number of ether oxygens (including phenoxy) is 1. The minimum atomic E-state index is 0.273. The number of pyridine rings is 1. The molecule has 60 valence electrons. The Kier molecular flexibility index (Phi) is 1.85. The first-order valence-corrected chi connectivity index (χ1v) is 3.16. The molecule has 0 amide bonds. The van der Waals surface area contributed by atoms with E-state index in [-0.39, 0.29) is 5.36 Å². The molecule has 11 heavy (non-hydrogen) atoms. The lowest BCUT2D eigenvalue weighted by Gasteiger charge is -2.04. The second-order valence-electron chi connectivity index (χ2n) is 2.24. The van der Waals surface area contributed by atoms with Gasteiger partial charge in [0.15, 0.2) is 5.75 Å². The number of rotatable bonds is 1. The Hall–Kier alpha value is -1.45. The molecule has 0 fully saturated rings. The van der Waals surface area contributed by atoms with Gasteiger partial charge in [0.1, 0.15) is 0 Å². The van der Waals surface area contributed by atoms with Gasteiger partial charge in [-0.05, 0) is 13.0 Å². The molecule has 0 saturated carbocycles. The molecule has 0 aliphatic heterocycles. The van der Waals surface area contributed by atoms with Crippen LogP contribution in [0.2, 0.25) is 0 Å². The predicted octanol–water partition coefficient (Wildman–Crippen LogP) is 0.522. The second-order valence-corrected chi connectivity index (χ2v) is 2.24. The van der Waals surface area contributed by atoms with Gasteiger partial charge >= 0.3 is 0 Å². The van der Waals surface area contributed by atoms with Gasteiger partial charge < -0.3 is 9.94 Å². The number of aryl methyl sites for hydroxylation is 1. The van der Waals surface area contributed by atoms with E-state index in [1.807, 2.05) is 0 Å². The topological polar surface area (TPSA) is 58.2 Å². The van der Waals surface area contributed by atoms with E-state index in [0.29, 0.717) is 11.4 Å². The molecule has 0 aromatic carbocycles. The summed E-state index contributed by atoms with van der Waals surface area (Å²) in [5.41, 5.74) is 0.607. The van der Waals surface area contributed by atoms with Crippen LogP contribution in [0, 0.1) is 12.3 Å². The molecule has 1 heterocycles. The number of hydrogen-bond acceptors (Lipinski definition) is 3. The van der Waals surface area contributed by atoms with Gasteiger partial charge in [-0.3, -0.25) is 5.41 Å². The molecule has 0 radical (unpaired) electrons. The maximum atomic E-state index is 9.11. The zero-order valence-corrected chi connectivity index (χ0v) is 6.46. The molecule has 0 bridgehead atoms. The summed E-state index contributed by atoms with van der Waals surface area (Å²) in [5, 5.41) is 16.7. The van der Waals surface area contributed by atoms with Crippen molar-refractivity contribution in [2.24, 2.45) is 0 Å². The standard InChI is InChI=1S/C7H10N2O2/c1-5-3-6(8)7(11-2)4-9(5)10/h3-4,8,10H,1-2H3. The summed E-state index contributed by atoms with van der Waals surface area (Å²) in [6.45, 7) is 1.71. The Labute approximate surface area is 64.1 Å². The Morgan fingerprint density at radius 1 is 1.64 bits per heavy atom. The number of methoxy groups -OCH3 is 1. The molecule has 0 atom stereocenters. The first kappa shape index (κ1) is 7.65. The fraction of sp³-hybridized carbons (Fsp3) is 0.286. The highest BCUT2D eigenvalue weighted by Crippen LogP contribution is 2.01. The van der Waals surface area contributed by atoms with E-state index in [4.69, 9.17) is 15.4 Å².